The Morgan fingerprint density at radius 1 is 0.652 bits per heavy atom. The topological polar surface area (TPSA) is 57.5 Å². The first-order chi connectivity index (χ1) is 11.3. The third-order valence-corrected chi connectivity index (χ3v) is 3.98. The van der Waals surface area contributed by atoms with Crippen LogP contribution in [0.1, 0.15) is 89.9 Å². The quantitative estimate of drug-likeness (QED) is 0.207. The van der Waals surface area contributed by atoms with Crippen LogP contribution in [0.25, 0.3) is 0 Å². The summed E-state index contributed by atoms with van der Waals surface area (Å²) in [5.74, 6) is -0.875. The summed E-state index contributed by atoms with van der Waals surface area (Å²) in [6.45, 7) is 0.345. The molecular weight excluding hydrogens is 288 g/mol. The van der Waals surface area contributed by atoms with Crippen molar-refractivity contribution < 1.29 is 15.0 Å². The molecule has 0 atom stereocenters. The number of aliphatic hydroxyl groups excluding tert-OH is 1. The van der Waals surface area contributed by atoms with Crippen LogP contribution in [0.4, 0.5) is 0 Å². The molecule has 0 fully saturated rings. The van der Waals surface area contributed by atoms with Crippen molar-refractivity contribution >= 4 is 5.97 Å². The van der Waals surface area contributed by atoms with E-state index in [1.54, 1.807) is 6.08 Å². The highest BCUT2D eigenvalue weighted by Crippen LogP contribution is 2.12. The molecule has 0 rings (SSSR count). The second-order valence-electron chi connectivity index (χ2n) is 6.20. The van der Waals surface area contributed by atoms with Crippen LogP contribution < -0.4 is 0 Å². The highest BCUT2D eigenvalue weighted by Gasteiger charge is 1.93. The van der Waals surface area contributed by atoms with Gasteiger partial charge in [-0.3, -0.25) is 0 Å². The fourth-order valence-corrected chi connectivity index (χ4v) is 2.60. The van der Waals surface area contributed by atoms with Gasteiger partial charge in [0.1, 0.15) is 0 Å². The van der Waals surface area contributed by atoms with Crippen molar-refractivity contribution in [3.63, 3.8) is 0 Å². The maximum absolute atomic E-state index is 10.3. The van der Waals surface area contributed by atoms with Crippen LogP contribution in [0.2, 0.25) is 0 Å². The summed E-state index contributed by atoms with van der Waals surface area (Å²) in [6, 6.07) is 0. The highest BCUT2D eigenvalue weighted by atomic mass is 16.4. The first-order valence-corrected chi connectivity index (χ1v) is 9.42. The number of aliphatic hydroxyl groups is 1. The molecule has 0 heterocycles. The average molecular weight is 325 g/mol. The van der Waals surface area contributed by atoms with Gasteiger partial charge < -0.3 is 10.2 Å². The minimum atomic E-state index is -0.875. The maximum atomic E-state index is 10.3. The lowest BCUT2D eigenvalue weighted by molar-refractivity contribution is -0.131. The number of rotatable bonds is 17. The second-order valence-corrected chi connectivity index (χ2v) is 6.20. The van der Waals surface area contributed by atoms with E-state index in [1.807, 2.05) is 6.08 Å². The Labute approximate surface area is 142 Å². The largest absolute Gasteiger partial charge is 0.478 e. The molecule has 134 valence electrons. The first kappa shape index (κ1) is 21.9. The van der Waals surface area contributed by atoms with Gasteiger partial charge in [-0.2, -0.15) is 0 Å². The van der Waals surface area contributed by atoms with Gasteiger partial charge in [-0.15, -0.1) is 0 Å². The zero-order chi connectivity index (χ0) is 17.0. The molecule has 0 saturated carbocycles. The molecule has 0 amide bonds. The lowest BCUT2D eigenvalue weighted by Crippen LogP contribution is -1.85. The molecule has 0 bridgehead atoms. The van der Waals surface area contributed by atoms with E-state index in [4.69, 9.17) is 10.2 Å². The Bertz CT molecular complexity index is 308. The van der Waals surface area contributed by atoms with Crippen LogP contribution in [-0.2, 0) is 4.79 Å². The van der Waals surface area contributed by atoms with Crippen molar-refractivity contribution in [2.24, 2.45) is 0 Å². The number of aliphatic carboxylic acids is 1. The highest BCUT2D eigenvalue weighted by molar-refractivity contribution is 5.79. The zero-order valence-corrected chi connectivity index (χ0v) is 14.7. The number of carbonyl (C=O) groups is 1. The molecule has 23 heavy (non-hydrogen) atoms. The minimum absolute atomic E-state index is 0.345. The molecule has 0 radical (unpaired) electrons. The van der Waals surface area contributed by atoms with E-state index in [0.717, 1.165) is 12.8 Å². The first-order valence-electron chi connectivity index (χ1n) is 9.42. The summed E-state index contributed by atoms with van der Waals surface area (Å²) in [6.07, 6.45) is 24.3. The number of hydrogen-bond acceptors (Lipinski definition) is 2. The summed E-state index contributed by atoms with van der Waals surface area (Å²) in [7, 11) is 0. The van der Waals surface area contributed by atoms with Crippen LogP contribution in [0.3, 0.4) is 0 Å². The number of allylic oxidation sites excluding steroid dienone is 3. The fourth-order valence-electron chi connectivity index (χ4n) is 2.60. The molecule has 0 aromatic rings. The summed E-state index contributed by atoms with van der Waals surface area (Å²) in [5, 5.41) is 17.1. The van der Waals surface area contributed by atoms with Gasteiger partial charge in [-0.1, -0.05) is 82.4 Å². The van der Waals surface area contributed by atoms with Crippen LogP contribution in [0, 0.1) is 0 Å². The monoisotopic (exact) mass is 324 g/mol. The van der Waals surface area contributed by atoms with Crippen LogP contribution >= 0.6 is 0 Å². The molecule has 0 spiro atoms. The van der Waals surface area contributed by atoms with Crippen LogP contribution in [0.5, 0.6) is 0 Å². The zero-order valence-electron chi connectivity index (χ0n) is 14.7. The van der Waals surface area contributed by atoms with E-state index in [9.17, 15) is 4.79 Å². The predicted octanol–water partition coefficient (Wildman–Crippen LogP) is 5.64. The molecule has 0 aliphatic rings. The molecular formula is C20H36O3. The standard InChI is InChI=1S/C20H36O3/c21-19-17-15-13-11-9-7-5-3-1-2-4-6-8-10-12-14-16-18-20(22)23/h10,12,16,18,21H,1-9,11,13-15,17,19H2,(H,22,23). The summed E-state index contributed by atoms with van der Waals surface area (Å²) >= 11 is 0. The third-order valence-electron chi connectivity index (χ3n) is 3.98. The molecule has 0 aromatic heterocycles. The van der Waals surface area contributed by atoms with E-state index < -0.39 is 5.97 Å². The lowest BCUT2D eigenvalue weighted by atomic mass is 10.0. The van der Waals surface area contributed by atoms with E-state index in [1.165, 1.54) is 76.7 Å². The van der Waals surface area contributed by atoms with Gasteiger partial charge in [0.25, 0.3) is 0 Å². The molecule has 0 aromatic carbocycles. The maximum Gasteiger partial charge on any atom is 0.327 e. The Hall–Kier alpha value is -1.09. The van der Waals surface area contributed by atoms with Gasteiger partial charge in [0.2, 0.25) is 0 Å². The molecule has 0 unspecified atom stereocenters. The lowest BCUT2D eigenvalue weighted by Gasteiger charge is -2.02. The minimum Gasteiger partial charge on any atom is -0.478 e. The Morgan fingerprint density at radius 3 is 1.61 bits per heavy atom. The Morgan fingerprint density at radius 2 is 1.13 bits per heavy atom. The Balaban J connectivity index is 3.10. The summed E-state index contributed by atoms with van der Waals surface area (Å²) in [5.41, 5.74) is 0. The van der Waals surface area contributed by atoms with E-state index >= 15 is 0 Å². The molecule has 0 aliphatic heterocycles. The average Bonchev–Trinajstić information content (AvgIpc) is 2.53. The van der Waals surface area contributed by atoms with Crippen molar-refractivity contribution in [3.05, 3.63) is 24.3 Å². The van der Waals surface area contributed by atoms with Crippen molar-refractivity contribution in [3.8, 4) is 0 Å². The van der Waals surface area contributed by atoms with E-state index in [-0.39, 0.29) is 0 Å². The van der Waals surface area contributed by atoms with Gasteiger partial charge in [0.15, 0.2) is 0 Å². The van der Waals surface area contributed by atoms with Crippen molar-refractivity contribution in [2.45, 2.75) is 89.9 Å². The smallest absolute Gasteiger partial charge is 0.327 e. The predicted molar refractivity (Wildman–Crippen MR) is 97.6 cm³/mol. The van der Waals surface area contributed by atoms with Gasteiger partial charge in [-0.25, -0.2) is 4.79 Å². The normalized spacial score (nSPS) is 11.7. The number of unbranched alkanes of at least 4 members (excludes halogenated alkanes) is 12. The van der Waals surface area contributed by atoms with Gasteiger partial charge in [0.05, 0.1) is 0 Å². The number of hydrogen-bond donors (Lipinski definition) is 2. The molecule has 0 saturated heterocycles. The molecule has 2 N–H and O–H groups in total. The number of carboxylic acid groups (broad SMARTS) is 1. The number of carboxylic acids is 1. The molecule has 3 heteroatoms. The molecule has 0 aliphatic carbocycles. The van der Waals surface area contributed by atoms with Crippen molar-refractivity contribution in [1.82, 2.24) is 0 Å². The third kappa shape index (κ3) is 20.9. The Kier molecular flexibility index (Phi) is 18.1. The van der Waals surface area contributed by atoms with Gasteiger partial charge in [-0.05, 0) is 25.7 Å². The second kappa shape index (κ2) is 19.0. The van der Waals surface area contributed by atoms with Crippen molar-refractivity contribution in [1.29, 1.82) is 0 Å². The fraction of sp³-hybridized carbons (Fsp3) is 0.750. The summed E-state index contributed by atoms with van der Waals surface area (Å²) in [4.78, 5) is 10.3. The molecule has 3 nitrogen and oxygen atoms in total. The van der Waals surface area contributed by atoms with Gasteiger partial charge >= 0.3 is 5.97 Å². The van der Waals surface area contributed by atoms with E-state index in [0.29, 0.717) is 13.0 Å². The van der Waals surface area contributed by atoms with E-state index in [2.05, 4.69) is 6.08 Å². The van der Waals surface area contributed by atoms with Crippen molar-refractivity contribution in [2.75, 3.05) is 6.61 Å². The van der Waals surface area contributed by atoms with Crippen LogP contribution in [0.15, 0.2) is 24.3 Å². The summed E-state index contributed by atoms with van der Waals surface area (Å²) < 4.78 is 0. The van der Waals surface area contributed by atoms with Gasteiger partial charge in [0, 0.05) is 12.7 Å². The van der Waals surface area contributed by atoms with Crippen LogP contribution in [-0.4, -0.2) is 22.8 Å². The SMILES string of the molecule is O=C(O)C=CCC=CCCCCCCCCCCCCCCO.